The van der Waals surface area contributed by atoms with E-state index in [0.29, 0.717) is 22.6 Å². The van der Waals surface area contributed by atoms with Crippen LogP contribution in [0, 0.1) is 26.2 Å². The SMILES string of the molecule is Cc1cc(C)c(S(=O)(=O)NCCOCCO)c(C)c1Nc1cc(Oc2ccc(C(C)(C)CC(C)(C)C)cc2)c(N)c2c1C(=O)c1ccccc1C2=O. The summed E-state index contributed by atoms with van der Waals surface area (Å²) in [5.74, 6) is -0.142. The van der Waals surface area contributed by atoms with Crippen molar-refractivity contribution in [2.75, 3.05) is 37.4 Å². The van der Waals surface area contributed by atoms with E-state index in [1.54, 1.807) is 50.2 Å². The van der Waals surface area contributed by atoms with Crippen molar-refractivity contribution in [3.8, 4) is 11.5 Å². The number of benzene rings is 4. The smallest absolute Gasteiger partial charge is 0.241 e. The maximum Gasteiger partial charge on any atom is 0.241 e. The van der Waals surface area contributed by atoms with Crippen molar-refractivity contribution in [2.24, 2.45) is 5.41 Å². The Morgan fingerprint density at radius 3 is 2.04 bits per heavy atom. The molecule has 11 heteroatoms. The third-order valence-electron chi connectivity index (χ3n) is 9.24. The molecular weight excluding hydrogens is 679 g/mol. The lowest BCUT2D eigenvalue weighted by Crippen LogP contribution is -2.29. The van der Waals surface area contributed by atoms with Crippen LogP contribution in [0.4, 0.5) is 17.1 Å². The molecule has 0 saturated carbocycles. The maximum absolute atomic E-state index is 14.1. The topological polar surface area (TPSA) is 157 Å². The van der Waals surface area contributed by atoms with E-state index in [4.69, 9.17) is 20.3 Å². The zero-order chi connectivity index (χ0) is 38.2. The highest BCUT2D eigenvalue weighted by Crippen LogP contribution is 2.45. The number of hydrogen-bond acceptors (Lipinski definition) is 9. The summed E-state index contributed by atoms with van der Waals surface area (Å²) in [6.07, 6.45) is 0.973. The van der Waals surface area contributed by atoms with Crippen LogP contribution >= 0.6 is 0 Å². The molecule has 276 valence electrons. The molecule has 5 rings (SSSR count). The van der Waals surface area contributed by atoms with Crippen LogP contribution in [-0.4, -0.2) is 51.5 Å². The quantitative estimate of drug-likeness (QED) is 0.0712. The van der Waals surface area contributed by atoms with Gasteiger partial charge < -0.3 is 25.6 Å². The standard InChI is InChI=1S/C41H49N3O7S/c1-24-21-25(2)39(52(48,49)43-17-19-50-20-18-45)26(3)36(24)44-31-22-32(51-28-15-13-27(14-16-28)41(7,8)23-40(4,5)6)35(42)34-33(31)37(46)29-11-9-10-12-30(29)38(34)47/h9-16,21-22,43-45H,17-20,23,42H2,1-8H3. The van der Waals surface area contributed by atoms with Crippen LogP contribution in [0.3, 0.4) is 0 Å². The molecule has 0 aromatic heterocycles. The predicted octanol–water partition coefficient (Wildman–Crippen LogP) is 7.51. The van der Waals surface area contributed by atoms with Gasteiger partial charge in [-0.2, -0.15) is 0 Å². The molecule has 5 N–H and O–H groups in total. The van der Waals surface area contributed by atoms with Gasteiger partial charge in [-0.15, -0.1) is 0 Å². The minimum Gasteiger partial charge on any atom is -0.455 e. The van der Waals surface area contributed by atoms with Crippen molar-refractivity contribution in [3.05, 3.63) is 105 Å². The molecule has 0 spiro atoms. The second kappa shape index (κ2) is 14.8. The number of aryl methyl sites for hydroxylation is 2. The molecule has 0 aliphatic heterocycles. The Morgan fingerprint density at radius 1 is 0.827 bits per heavy atom. The third kappa shape index (κ3) is 7.92. The number of nitrogens with one attached hydrogen (secondary N) is 2. The Kier molecular flexibility index (Phi) is 11.0. The number of anilines is 3. The summed E-state index contributed by atoms with van der Waals surface area (Å²) in [5, 5.41) is 12.3. The number of ether oxygens (including phenoxy) is 2. The third-order valence-corrected chi connectivity index (χ3v) is 11.0. The fraction of sp³-hybridized carbons (Fsp3) is 0.366. The van der Waals surface area contributed by atoms with E-state index in [1.165, 1.54) is 0 Å². The fourth-order valence-corrected chi connectivity index (χ4v) is 8.89. The van der Waals surface area contributed by atoms with E-state index in [9.17, 15) is 18.0 Å². The van der Waals surface area contributed by atoms with Gasteiger partial charge in [0.25, 0.3) is 0 Å². The molecule has 10 nitrogen and oxygen atoms in total. The Hall–Kier alpha value is -4.55. The molecule has 0 heterocycles. The van der Waals surface area contributed by atoms with Crippen molar-refractivity contribution in [3.63, 3.8) is 0 Å². The molecule has 4 aromatic carbocycles. The van der Waals surface area contributed by atoms with Crippen molar-refractivity contribution < 1.29 is 32.6 Å². The monoisotopic (exact) mass is 727 g/mol. The average molecular weight is 728 g/mol. The van der Waals surface area contributed by atoms with Gasteiger partial charge in [0, 0.05) is 29.4 Å². The van der Waals surface area contributed by atoms with Gasteiger partial charge in [-0.25, -0.2) is 13.1 Å². The van der Waals surface area contributed by atoms with Gasteiger partial charge in [-0.05, 0) is 72.4 Å². The maximum atomic E-state index is 14.1. The zero-order valence-electron chi connectivity index (χ0n) is 31.2. The number of sulfonamides is 1. The fourth-order valence-electron chi connectivity index (χ4n) is 7.40. The highest BCUT2D eigenvalue weighted by molar-refractivity contribution is 7.89. The predicted molar refractivity (Wildman–Crippen MR) is 205 cm³/mol. The van der Waals surface area contributed by atoms with E-state index >= 15 is 0 Å². The minimum atomic E-state index is -4.00. The zero-order valence-corrected chi connectivity index (χ0v) is 32.0. The van der Waals surface area contributed by atoms with E-state index in [0.717, 1.165) is 17.5 Å². The van der Waals surface area contributed by atoms with Crippen LogP contribution in [0.15, 0.2) is 65.6 Å². The van der Waals surface area contributed by atoms with Gasteiger partial charge in [0.05, 0.1) is 47.2 Å². The van der Waals surface area contributed by atoms with Gasteiger partial charge in [0.2, 0.25) is 10.0 Å². The first-order chi connectivity index (χ1) is 24.4. The molecule has 0 atom stereocenters. The molecule has 0 bridgehead atoms. The van der Waals surface area contributed by atoms with Gasteiger partial charge in [-0.1, -0.05) is 77.1 Å². The summed E-state index contributed by atoms with van der Waals surface area (Å²) in [4.78, 5) is 28.3. The molecule has 0 amide bonds. The van der Waals surface area contributed by atoms with E-state index in [-0.39, 0.29) is 81.5 Å². The number of nitrogens with two attached hydrogens (primary N) is 1. The molecule has 4 aromatic rings. The lowest BCUT2D eigenvalue weighted by molar-refractivity contribution is 0.0961. The summed E-state index contributed by atoms with van der Waals surface area (Å²) in [6.45, 7) is 16.3. The van der Waals surface area contributed by atoms with Crippen LogP contribution in [-0.2, 0) is 20.2 Å². The Bertz CT molecular complexity index is 2130. The largest absolute Gasteiger partial charge is 0.455 e. The highest BCUT2D eigenvalue weighted by Gasteiger charge is 2.36. The Balaban J connectivity index is 1.60. The van der Waals surface area contributed by atoms with Gasteiger partial charge in [-0.3, -0.25) is 9.59 Å². The summed E-state index contributed by atoms with van der Waals surface area (Å²) >= 11 is 0. The molecular formula is C41H49N3O7S. The second-order valence-electron chi connectivity index (χ2n) is 15.2. The average Bonchev–Trinajstić information content (AvgIpc) is 3.05. The van der Waals surface area contributed by atoms with Crippen molar-refractivity contribution >= 4 is 38.7 Å². The van der Waals surface area contributed by atoms with Gasteiger partial charge in [0.1, 0.15) is 5.75 Å². The summed E-state index contributed by atoms with van der Waals surface area (Å²) < 4.78 is 41.3. The first-order valence-electron chi connectivity index (χ1n) is 17.4. The van der Waals surface area contributed by atoms with E-state index < -0.39 is 21.6 Å². The molecule has 0 fully saturated rings. The van der Waals surface area contributed by atoms with Gasteiger partial charge in [0.15, 0.2) is 17.3 Å². The number of aliphatic hydroxyl groups is 1. The molecule has 52 heavy (non-hydrogen) atoms. The number of carbonyl (C=O) groups is 2. The molecule has 0 saturated heterocycles. The second-order valence-corrected chi connectivity index (χ2v) is 16.9. The lowest BCUT2D eigenvalue weighted by atomic mass is 9.72. The first kappa shape index (κ1) is 38.7. The van der Waals surface area contributed by atoms with E-state index in [1.807, 2.05) is 31.2 Å². The minimum absolute atomic E-state index is 0.00904. The number of fused-ring (bicyclic) bond motifs is 2. The van der Waals surface area contributed by atoms with Gasteiger partial charge >= 0.3 is 0 Å². The normalized spacial score (nSPS) is 13.2. The summed E-state index contributed by atoms with van der Waals surface area (Å²) in [7, 11) is -4.00. The van der Waals surface area contributed by atoms with Crippen LogP contribution in [0.1, 0.15) is 95.1 Å². The van der Waals surface area contributed by atoms with E-state index in [2.05, 4.69) is 44.7 Å². The van der Waals surface area contributed by atoms with Crippen LogP contribution < -0.4 is 20.5 Å². The van der Waals surface area contributed by atoms with Crippen molar-refractivity contribution in [1.82, 2.24) is 4.72 Å². The molecule has 1 aliphatic rings. The first-order valence-corrected chi connectivity index (χ1v) is 18.8. The summed E-state index contributed by atoms with van der Waals surface area (Å²) in [6, 6.07) is 17.7. The van der Waals surface area contributed by atoms with Crippen molar-refractivity contribution in [2.45, 2.75) is 72.1 Å². The molecule has 1 aliphatic carbocycles. The van der Waals surface area contributed by atoms with Crippen molar-refractivity contribution in [1.29, 1.82) is 0 Å². The number of ketones is 2. The molecule has 0 radical (unpaired) electrons. The Morgan fingerprint density at radius 2 is 1.44 bits per heavy atom. The number of rotatable bonds is 13. The number of nitrogen functional groups attached to an aromatic ring is 1. The lowest BCUT2D eigenvalue weighted by Gasteiger charge is -2.33. The molecule has 0 unspecified atom stereocenters. The number of carbonyl (C=O) groups excluding carboxylic acids is 2. The number of aliphatic hydroxyl groups excluding tert-OH is 1. The Labute approximate surface area is 306 Å². The highest BCUT2D eigenvalue weighted by atomic mass is 32.2. The van der Waals surface area contributed by atoms with Crippen LogP contribution in [0.2, 0.25) is 0 Å². The van der Waals surface area contributed by atoms with Crippen LogP contribution in [0.25, 0.3) is 0 Å². The van der Waals surface area contributed by atoms with Crippen LogP contribution in [0.5, 0.6) is 11.5 Å². The number of hydrogen-bond donors (Lipinski definition) is 4. The summed E-state index contributed by atoms with van der Waals surface area (Å²) in [5.41, 5.74) is 10.9.